The molecule has 0 bridgehead atoms. The lowest BCUT2D eigenvalue weighted by atomic mass is 10.0. The van der Waals surface area contributed by atoms with Crippen LogP contribution in [0.4, 0.5) is 5.95 Å². The van der Waals surface area contributed by atoms with Gasteiger partial charge < -0.3 is 20.2 Å². The van der Waals surface area contributed by atoms with E-state index in [2.05, 4.69) is 31.2 Å². The van der Waals surface area contributed by atoms with Crippen LogP contribution in [0.1, 0.15) is 5.56 Å². The molecule has 3 aromatic heterocycles. The van der Waals surface area contributed by atoms with E-state index in [0.29, 0.717) is 17.4 Å². The number of aromatic nitrogens is 5. The minimum Gasteiger partial charge on any atom is -0.360 e. The summed E-state index contributed by atoms with van der Waals surface area (Å²) in [6, 6.07) is 8.21. The standard InChI is InChI=1S/C20H18N8.ClH/c21-4-12-7-23-16-3-11(1-2-15(12)16)17-18-19(25-10-24-18)27-20(26-17)28-8-13-5-22-6-14(13)9-28;/h1-3,7,10,13-14,22-23H,5-6,8-9H2,(H,24,25,26,27);1H. The summed E-state index contributed by atoms with van der Waals surface area (Å²) in [7, 11) is 0. The first kappa shape index (κ1) is 17.9. The van der Waals surface area contributed by atoms with Gasteiger partial charge in [0.05, 0.1) is 11.9 Å². The zero-order chi connectivity index (χ0) is 18.7. The number of aromatic amines is 2. The number of benzene rings is 1. The van der Waals surface area contributed by atoms with Crippen LogP contribution in [0.2, 0.25) is 0 Å². The fourth-order valence-corrected chi connectivity index (χ4v) is 4.55. The summed E-state index contributed by atoms with van der Waals surface area (Å²) in [6.45, 7) is 4.12. The van der Waals surface area contributed by atoms with Crippen LogP contribution in [0.25, 0.3) is 33.3 Å². The zero-order valence-electron chi connectivity index (χ0n) is 15.5. The topological polar surface area (TPSA) is 109 Å². The summed E-state index contributed by atoms with van der Waals surface area (Å²) in [5.74, 6) is 2.10. The van der Waals surface area contributed by atoms with Crippen molar-refractivity contribution in [1.82, 2.24) is 30.2 Å². The van der Waals surface area contributed by atoms with Crippen LogP contribution in [-0.4, -0.2) is 51.1 Å². The summed E-state index contributed by atoms with van der Waals surface area (Å²) in [5.41, 5.74) is 4.84. The highest BCUT2D eigenvalue weighted by Gasteiger charge is 2.37. The fraction of sp³-hybridized carbons (Fsp3) is 0.300. The Bertz CT molecular complexity index is 1240. The van der Waals surface area contributed by atoms with Crippen molar-refractivity contribution >= 4 is 40.4 Å². The average molecular weight is 407 g/mol. The third-order valence-corrected chi connectivity index (χ3v) is 6.02. The fourth-order valence-electron chi connectivity index (χ4n) is 4.55. The van der Waals surface area contributed by atoms with Gasteiger partial charge in [-0.25, -0.2) is 9.97 Å². The maximum atomic E-state index is 9.24. The molecule has 2 saturated heterocycles. The summed E-state index contributed by atoms with van der Waals surface area (Å²) >= 11 is 0. The van der Waals surface area contributed by atoms with Gasteiger partial charge in [0.15, 0.2) is 5.65 Å². The number of rotatable bonds is 2. The van der Waals surface area contributed by atoms with Crippen LogP contribution in [0.3, 0.4) is 0 Å². The van der Waals surface area contributed by atoms with Crippen molar-refractivity contribution in [1.29, 1.82) is 5.26 Å². The van der Waals surface area contributed by atoms with Crippen molar-refractivity contribution in [2.45, 2.75) is 0 Å². The van der Waals surface area contributed by atoms with Crippen LogP contribution >= 0.6 is 12.4 Å². The highest BCUT2D eigenvalue weighted by atomic mass is 35.5. The molecule has 0 saturated carbocycles. The zero-order valence-corrected chi connectivity index (χ0v) is 16.3. The molecule has 3 N–H and O–H groups in total. The molecule has 2 aliphatic heterocycles. The second-order valence-electron chi connectivity index (χ2n) is 7.63. The largest absolute Gasteiger partial charge is 0.360 e. The van der Waals surface area contributed by atoms with Crippen molar-refractivity contribution in [3.05, 3.63) is 36.3 Å². The van der Waals surface area contributed by atoms with Crippen LogP contribution in [0.15, 0.2) is 30.7 Å². The molecule has 2 fully saturated rings. The smallest absolute Gasteiger partial charge is 0.228 e. The van der Waals surface area contributed by atoms with Gasteiger partial charge in [0, 0.05) is 48.8 Å². The van der Waals surface area contributed by atoms with E-state index in [0.717, 1.165) is 65.5 Å². The number of hydrogen-bond donors (Lipinski definition) is 3. The molecule has 5 heterocycles. The summed E-state index contributed by atoms with van der Waals surface area (Å²) in [6.07, 6.45) is 3.40. The first-order chi connectivity index (χ1) is 13.8. The minimum absolute atomic E-state index is 0. The van der Waals surface area contributed by atoms with Gasteiger partial charge in [-0.05, 0) is 17.9 Å². The highest BCUT2D eigenvalue weighted by Crippen LogP contribution is 2.33. The molecule has 9 heteroatoms. The Morgan fingerprint density at radius 3 is 2.72 bits per heavy atom. The van der Waals surface area contributed by atoms with E-state index >= 15 is 0 Å². The van der Waals surface area contributed by atoms with E-state index in [9.17, 15) is 5.26 Å². The molecule has 6 rings (SSSR count). The normalized spacial score (nSPS) is 20.7. The van der Waals surface area contributed by atoms with E-state index in [1.807, 2.05) is 18.2 Å². The van der Waals surface area contributed by atoms with Crippen molar-refractivity contribution < 1.29 is 0 Å². The maximum absolute atomic E-state index is 9.24. The van der Waals surface area contributed by atoms with Gasteiger partial charge in [-0.2, -0.15) is 10.2 Å². The molecule has 4 aromatic rings. The summed E-state index contributed by atoms with van der Waals surface area (Å²) < 4.78 is 0. The molecule has 0 aliphatic carbocycles. The highest BCUT2D eigenvalue weighted by molar-refractivity contribution is 5.94. The second-order valence-corrected chi connectivity index (χ2v) is 7.63. The van der Waals surface area contributed by atoms with E-state index in [4.69, 9.17) is 9.97 Å². The quantitative estimate of drug-likeness (QED) is 0.471. The monoisotopic (exact) mass is 406 g/mol. The molecule has 0 amide bonds. The lowest BCUT2D eigenvalue weighted by Crippen LogP contribution is -2.27. The second kappa shape index (κ2) is 6.72. The Kier molecular flexibility index (Phi) is 4.15. The molecule has 29 heavy (non-hydrogen) atoms. The number of nitriles is 1. The van der Waals surface area contributed by atoms with Crippen LogP contribution < -0.4 is 10.2 Å². The molecule has 8 nitrogen and oxygen atoms in total. The molecule has 2 atom stereocenters. The number of nitrogens with one attached hydrogen (secondary N) is 3. The number of anilines is 1. The predicted octanol–water partition coefficient (Wildman–Crippen LogP) is 2.45. The van der Waals surface area contributed by atoms with Gasteiger partial charge >= 0.3 is 0 Å². The predicted molar refractivity (Wildman–Crippen MR) is 113 cm³/mol. The van der Waals surface area contributed by atoms with Crippen LogP contribution in [0, 0.1) is 23.2 Å². The van der Waals surface area contributed by atoms with Crippen molar-refractivity contribution in [2.75, 3.05) is 31.1 Å². The molecule has 2 aliphatic rings. The maximum Gasteiger partial charge on any atom is 0.228 e. The molecular weight excluding hydrogens is 388 g/mol. The number of fused-ring (bicyclic) bond motifs is 3. The lowest BCUT2D eigenvalue weighted by Gasteiger charge is -2.18. The minimum atomic E-state index is 0. The number of imidazole rings is 1. The Morgan fingerprint density at radius 2 is 1.93 bits per heavy atom. The SMILES string of the molecule is Cl.N#Cc1c[nH]c2cc(-c3nc(N4CC5CNCC5C4)nc4[nH]cnc34)ccc12. The summed E-state index contributed by atoms with van der Waals surface area (Å²) in [5, 5.41) is 13.6. The Hall–Kier alpha value is -3.15. The molecule has 0 radical (unpaired) electrons. The van der Waals surface area contributed by atoms with E-state index < -0.39 is 0 Å². The van der Waals surface area contributed by atoms with Crippen molar-refractivity contribution in [3.8, 4) is 17.3 Å². The van der Waals surface area contributed by atoms with Crippen LogP contribution in [-0.2, 0) is 0 Å². The van der Waals surface area contributed by atoms with Gasteiger partial charge in [-0.1, -0.05) is 12.1 Å². The molecular formula is C20H19ClN8. The van der Waals surface area contributed by atoms with E-state index in [-0.39, 0.29) is 12.4 Å². The molecule has 2 unspecified atom stereocenters. The Morgan fingerprint density at radius 1 is 1.10 bits per heavy atom. The van der Waals surface area contributed by atoms with Crippen LogP contribution in [0.5, 0.6) is 0 Å². The van der Waals surface area contributed by atoms with Gasteiger partial charge in [0.2, 0.25) is 5.95 Å². The third-order valence-electron chi connectivity index (χ3n) is 6.02. The number of nitrogens with zero attached hydrogens (tertiary/aromatic N) is 5. The van der Waals surface area contributed by atoms with E-state index in [1.54, 1.807) is 12.5 Å². The molecule has 1 aromatic carbocycles. The van der Waals surface area contributed by atoms with Gasteiger partial charge in [-0.3, -0.25) is 0 Å². The van der Waals surface area contributed by atoms with Crippen molar-refractivity contribution in [2.24, 2.45) is 11.8 Å². The summed E-state index contributed by atoms with van der Waals surface area (Å²) in [4.78, 5) is 22.7. The first-order valence-corrected chi connectivity index (χ1v) is 9.48. The first-order valence-electron chi connectivity index (χ1n) is 9.48. The average Bonchev–Trinajstić information content (AvgIpc) is 3.48. The number of halogens is 1. The third kappa shape index (κ3) is 2.74. The Balaban J connectivity index is 0.00000181. The lowest BCUT2D eigenvalue weighted by molar-refractivity contribution is 0.533. The molecule has 146 valence electrons. The van der Waals surface area contributed by atoms with Gasteiger partial charge in [0.1, 0.15) is 17.3 Å². The Labute approximate surface area is 172 Å². The number of hydrogen-bond acceptors (Lipinski definition) is 6. The van der Waals surface area contributed by atoms with E-state index in [1.165, 1.54) is 0 Å². The molecule has 0 spiro atoms. The van der Waals surface area contributed by atoms with Gasteiger partial charge in [0.25, 0.3) is 0 Å². The van der Waals surface area contributed by atoms with Crippen molar-refractivity contribution in [3.63, 3.8) is 0 Å². The number of H-pyrrole nitrogens is 2. The van der Waals surface area contributed by atoms with Gasteiger partial charge in [-0.15, -0.1) is 12.4 Å².